The van der Waals surface area contributed by atoms with E-state index in [0.29, 0.717) is 18.3 Å². The van der Waals surface area contributed by atoms with E-state index in [1.807, 2.05) is 24.4 Å². The van der Waals surface area contributed by atoms with Crippen LogP contribution in [0, 0.1) is 11.8 Å². The summed E-state index contributed by atoms with van der Waals surface area (Å²) >= 11 is 0. The predicted octanol–water partition coefficient (Wildman–Crippen LogP) is 3.35. The molecule has 1 aromatic carbocycles. The molecule has 2 fully saturated rings. The SMILES string of the molecule is O=C(CC1CCC1)NC(c1cnc2ccccc2c1)C1CC(O)C1. The maximum absolute atomic E-state index is 12.4. The summed E-state index contributed by atoms with van der Waals surface area (Å²) in [7, 11) is 0. The number of carbonyl (C=O) groups excluding carboxylic acids is 1. The van der Waals surface area contributed by atoms with Gasteiger partial charge in [-0.15, -0.1) is 0 Å². The van der Waals surface area contributed by atoms with Crippen molar-refractivity contribution in [1.29, 1.82) is 0 Å². The fourth-order valence-corrected chi connectivity index (χ4v) is 3.83. The highest BCUT2D eigenvalue weighted by atomic mass is 16.3. The van der Waals surface area contributed by atoms with Gasteiger partial charge in [0.2, 0.25) is 5.91 Å². The summed E-state index contributed by atoms with van der Waals surface area (Å²) in [5, 5.41) is 14.0. The molecule has 1 amide bonds. The summed E-state index contributed by atoms with van der Waals surface area (Å²) in [4.78, 5) is 17.0. The van der Waals surface area contributed by atoms with Crippen molar-refractivity contribution < 1.29 is 9.90 Å². The first-order valence-corrected chi connectivity index (χ1v) is 9.01. The van der Waals surface area contributed by atoms with Gasteiger partial charge in [0.1, 0.15) is 0 Å². The van der Waals surface area contributed by atoms with Crippen LogP contribution in [0.15, 0.2) is 36.5 Å². The third-order valence-electron chi connectivity index (χ3n) is 5.61. The highest BCUT2D eigenvalue weighted by molar-refractivity contribution is 5.80. The van der Waals surface area contributed by atoms with Gasteiger partial charge in [-0.3, -0.25) is 9.78 Å². The van der Waals surface area contributed by atoms with E-state index >= 15 is 0 Å². The Kier molecular flexibility index (Phi) is 4.23. The summed E-state index contributed by atoms with van der Waals surface area (Å²) in [5.41, 5.74) is 2.02. The molecule has 2 aliphatic rings. The van der Waals surface area contributed by atoms with E-state index < -0.39 is 0 Å². The fourth-order valence-electron chi connectivity index (χ4n) is 3.83. The van der Waals surface area contributed by atoms with Crippen LogP contribution in [0.25, 0.3) is 10.9 Å². The highest BCUT2D eigenvalue weighted by Crippen LogP contribution is 2.39. The van der Waals surface area contributed by atoms with E-state index in [9.17, 15) is 9.90 Å². The van der Waals surface area contributed by atoms with E-state index in [2.05, 4.69) is 22.4 Å². The molecule has 1 atom stereocenters. The zero-order chi connectivity index (χ0) is 16.5. The predicted molar refractivity (Wildman–Crippen MR) is 93.3 cm³/mol. The Morgan fingerprint density at radius 3 is 2.79 bits per heavy atom. The van der Waals surface area contributed by atoms with Gasteiger partial charge in [0, 0.05) is 18.0 Å². The number of benzene rings is 1. The second-order valence-corrected chi connectivity index (χ2v) is 7.39. The first-order valence-electron chi connectivity index (χ1n) is 9.01. The molecule has 0 spiro atoms. The number of pyridine rings is 1. The molecule has 4 heteroatoms. The standard InChI is InChI=1S/C20H24N2O2/c23-17-10-15(11-17)20(22-19(24)8-13-4-3-5-13)16-9-14-6-1-2-7-18(14)21-12-16/h1-2,6-7,9,12-13,15,17,20,23H,3-5,8,10-11H2,(H,22,24). The number of nitrogens with zero attached hydrogens (tertiary/aromatic N) is 1. The number of aliphatic hydroxyl groups excluding tert-OH is 1. The van der Waals surface area contributed by atoms with Crippen molar-refractivity contribution >= 4 is 16.8 Å². The molecule has 4 rings (SSSR count). The number of aliphatic hydroxyl groups is 1. The zero-order valence-corrected chi connectivity index (χ0v) is 13.8. The number of hydrogen-bond acceptors (Lipinski definition) is 3. The molecule has 1 unspecified atom stereocenters. The number of rotatable bonds is 5. The first kappa shape index (κ1) is 15.6. The van der Waals surface area contributed by atoms with Crippen LogP contribution in [0.5, 0.6) is 0 Å². The second-order valence-electron chi connectivity index (χ2n) is 7.39. The van der Waals surface area contributed by atoms with Crippen molar-refractivity contribution in [3.63, 3.8) is 0 Å². The Morgan fingerprint density at radius 2 is 2.08 bits per heavy atom. The van der Waals surface area contributed by atoms with Gasteiger partial charge in [0.25, 0.3) is 0 Å². The number of aromatic nitrogens is 1. The molecular formula is C20H24N2O2. The van der Waals surface area contributed by atoms with Crippen LogP contribution in [0.3, 0.4) is 0 Å². The third kappa shape index (κ3) is 3.16. The molecule has 1 aromatic heterocycles. The maximum Gasteiger partial charge on any atom is 0.220 e. The number of amides is 1. The minimum Gasteiger partial charge on any atom is -0.393 e. The lowest BCUT2D eigenvalue weighted by Crippen LogP contribution is -2.42. The normalized spacial score (nSPS) is 24.9. The molecular weight excluding hydrogens is 300 g/mol. The second kappa shape index (κ2) is 6.52. The topological polar surface area (TPSA) is 62.2 Å². The van der Waals surface area contributed by atoms with Crippen LogP contribution in [-0.2, 0) is 4.79 Å². The Bertz CT molecular complexity index is 735. The van der Waals surface area contributed by atoms with E-state index in [4.69, 9.17) is 0 Å². The van der Waals surface area contributed by atoms with Crippen LogP contribution in [-0.4, -0.2) is 22.1 Å². The molecule has 0 bridgehead atoms. The van der Waals surface area contributed by atoms with E-state index in [0.717, 1.165) is 29.3 Å². The van der Waals surface area contributed by atoms with Crippen LogP contribution < -0.4 is 5.32 Å². The van der Waals surface area contributed by atoms with Gasteiger partial charge in [-0.1, -0.05) is 24.6 Å². The minimum atomic E-state index is -0.227. The maximum atomic E-state index is 12.4. The van der Waals surface area contributed by atoms with Gasteiger partial charge in [-0.05, 0) is 55.2 Å². The number of para-hydroxylation sites is 1. The quantitative estimate of drug-likeness (QED) is 0.886. The van der Waals surface area contributed by atoms with Crippen molar-refractivity contribution in [1.82, 2.24) is 10.3 Å². The van der Waals surface area contributed by atoms with Crippen molar-refractivity contribution in [3.05, 3.63) is 42.1 Å². The Labute approximate surface area is 142 Å². The molecule has 2 saturated carbocycles. The number of nitrogens with one attached hydrogen (secondary N) is 1. The molecule has 126 valence electrons. The number of carbonyl (C=O) groups is 1. The minimum absolute atomic E-state index is 0.0434. The van der Waals surface area contributed by atoms with Gasteiger partial charge < -0.3 is 10.4 Å². The van der Waals surface area contributed by atoms with Crippen molar-refractivity contribution in [2.45, 2.75) is 50.7 Å². The Morgan fingerprint density at radius 1 is 1.29 bits per heavy atom. The lowest BCUT2D eigenvalue weighted by atomic mass is 9.75. The fraction of sp³-hybridized carbons (Fsp3) is 0.500. The van der Waals surface area contributed by atoms with E-state index in [1.54, 1.807) is 0 Å². The van der Waals surface area contributed by atoms with Crippen molar-refractivity contribution in [3.8, 4) is 0 Å². The highest BCUT2D eigenvalue weighted by Gasteiger charge is 2.36. The Balaban J connectivity index is 1.55. The zero-order valence-electron chi connectivity index (χ0n) is 13.8. The van der Waals surface area contributed by atoms with E-state index in [-0.39, 0.29) is 18.1 Å². The lowest BCUT2D eigenvalue weighted by molar-refractivity contribution is -0.124. The van der Waals surface area contributed by atoms with Gasteiger partial charge in [0.15, 0.2) is 0 Å². The molecule has 24 heavy (non-hydrogen) atoms. The average Bonchev–Trinajstić information content (AvgIpc) is 2.53. The molecule has 2 aromatic rings. The van der Waals surface area contributed by atoms with Gasteiger partial charge >= 0.3 is 0 Å². The smallest absolute Gasteiger partial charge is 0.220 e. The Hall–Kier alpha value is -1.94. The third-order valence-corrected chi connectivity index (χ3v) is 5.61. The molecule has 0 aliphatic heterocycles. The van der Waals surface area contributed by atoms with Crippen molar-refractivity contribution in [2.75, 3.05) is 0 Å². The molecule has 4 nitrogen and oxygen atoms in total. The van der Waals surface area contributed by atoms with Crippen LogP contribution >= 0.6 is 0 Å². The summed E-state index contributed by atoms with van der Waals surface area (Å²) in [6.07, 6.45) is 7.39. The summed E-state index contributed by atoms with van der Waals surface area (Å²) in [6.45, 7) is 0. The lowest BCUT2D eigenvalue weighted by Gasteiger charge is -2.38. The molecule has 0 radical (unpaired) electrons. The number of hydrogen-bond donors (Lipinski definition) is 2. The van der Waals surface area contributed by atoms with Crippen LogP contribution in [0.2, 0.25) is 0 Å². The summed E-state index contributed by atoms with van der Waals surface area (Å²) < 4.78 is 0. The monoisotopic (exact) mass is 324 g/mol. The molecule has 2 N–H and O–H groups in total. The number of fused-ring (bicyclic) bond motifs is 1. The van der Waals surface area contributed by atoms with Crippen LogP contribution in [0.1, 0.15) is 50.1 Å². The van der Waals surface area contributed by atoms with Gasteiger partial charge in [0.05, 0.1) is 17.7 Å². The largest absolute Gasteiger partial charge is 0.393 e. The average molecular weight is 324 g/mol. The molecule has 0 saturated heterocycles. The van der Waals surface area contributed by atoms with Gasteiger partial charge in [-0.2, -0.15) is 0 Å². The van der Waals surface area contributed by atoms with Crippen molar-refractivity contribution in [2.24, 2.45) is 11.8 Å². The molecule has 2 aliphatic carbocycles. The molecule has 1 heterocycles. The van der Waals surface area contributed by atoms with E-state index in [1.165, 1.54) is 19.3 Å². The summed E-state index contributed by atoms with van der Waals surface area (Å²) in [5.74, 6) is 1.000. The summed E-state index contributed by atoms with van der Waals surface area (Å²) in [6, 6.07) is 10.1. The first-order chi connectivity index (χ1) is 11.7. The van der Waals surface area contributed by atoms with Gasteiger partial charge in [-0.25, -0.2) is 0 Å². The van der Waals surface area contributed by atoms with Crippen LogP contribution in [0.4, 0.5) is 0 Å².